The van der Waals surface area contributed by atoms with Crippen molar-refractivity contribution in [1.82, 2.24) is 44.9 Å². The topological polar surface area (TPSA) is 142 Å². The van der Waals surface area contributed by atoms with Gasteiger partial charge in [0.2, 0.25) is 17.3 Å². The van der Waals surface area contributed by atoms with Gasteiger partial charge in [0.05, 0.1) is 0 Å². The van der Waals surface area contributed by atoms with Gasteiger partial charge >= 0.3 is 0 Å². The molecule has 0 spiro atoms. The fourth-order valence-corrected chi connectivity index (χ4v) is 4.48. The molecule has 3 rings (SSSR count). The number of rotatable bonds is 0. The summed E-state index contributed by atoms with van der Waals surface area (Å²) in [6, 6.07) is 0. The summed E-state index contributed by atoms with van der Waals surface area (Å²) in [6.07, 6.45) is 0. The van der Waals surface area contributed by atoms with E-state index in [1.54, 1.807) is 13.8 Å². The molecule has 3 aromatic heterocycles. The van der Waals surface area contributed by atoms with E-state index in [1.807, 2.05) is 0 Å². The molecule has 0 aliphatic carbocycles. The Morgan fingerprint density at radius 2 is 0.600 bits per heavy atom. The molecule has 28 heteroatoms. The van der Waals surface area contributed by atoms with Gasteiger partial charge in [0.15, 0.2) is 41.4 Å². The predicted molar refractivity (Wildman–Crippen MR) is 216 cm³/mol. The zero-order valence-corrected chi connectivity index (χ0v) is 42.0. The summed E-state index contributed by atoms with van der Waals surface area (Å²) >= 11 is 80.6. The Morgan fingerprint density at radius 3 is 0.822 bits per heavy atom. The van der Waals surface area contributed by atoms with E-state index in [-0.39, 0.29) is 23.4 Å². The summed E-state index contributed by atoms with van der Waals surface area (Å²) in [5.74, 6) is 1.99. The third-order valence-corrected chi connectivity index (χ3v) is 8.38. The number of alkyl halides is 18. The summed E-state index contributed by atoms with van der Waals surface area (Å²) in [5.41, 5.74) is 5.43. The van der Waals surface area contributed by atoms with Gasteiger partial charge in [-0.2, -0.15) is 9.97 Å². The monoisotopic (exact) mass is 1380 g/mol. The van der Waals surface area contributed by atoms with E-state index < -0.39 is 17.8 Å². The van der Waals surface area contributed by atoms with Gasteiger partial charge in [0, 0.05) is 0 Å². The minimum atomic E-state index is -1.99. The van der Waals surface area contributed by atoms with Crippen LogP contribution in [0.5, 0.6) is 0 Å². The van der Waals surface area contributed by atoms with Crippen LogP contribution < -0.4 is 5.73 Å². The van der Waals surface area contributed by atoms with Crippen LogP contribution in [0.25, 0.3) is 0 Å². The van der Waals surface area contributed by atoms with Crippen molar-refractivity contribution in [2.24, 2.45) is 0 Å². The molecular formula is C17H8Br9Cl9N10. The normalized spacial score (nSPS) is 13.0. The van der Waals surface area contributed by atoms with Gasteiger partial charge in [0.1, 0.15) is 11.6 Å². The van der Waals surface area contributed by atoms with Crippen molar-refractivity contribution in [3.63, 3.8) is 0 Å². The van der Waals surface area contributed by atoms with E-state index in [9.17, 15) is 0 Å². The highest BCUT2D eigenvalue weighted by Crippen LogP contribution is 2.46. The number of anilines is 1. The molecule has 0 aliphatic heterocycles. The Kier molecular flexibility index (Phi) is 18.9. The molecule has 45 heavy (non-hydrogen) atoms. The van der Waals surface area contributed by atoms with E-state index >= 15 is 0 Å². The fourth-order valence-electron chi connectivity index (χ4n) is 2.12. The number of aromatic nitrogens is 9. The molecule has 0 aliphatic rings. The van der Waals surface area contributed by atoms with Crippen molar-refractivity contribution in [2.45, 2.75) is 31.7 Å². The van der Waals surface area contributed by atoms with Crippen LogP contribution in [-0.4, -0.2) is 44.9 Å². The average molecular weight is 1390 g/mol. The molecule has 0 saturated carbocycles. The second-order valence-electron chi connectivity index (χ2n) is 7.39. The second kappa shape index (κ2) is 18.2. The van der Waals surface area contributed by atoms with Gasteiger partial charge < -0.3 is 5.73 Å². The Labute approximate surface area is 376 Å². The second-order valence-corrected chi connectivity index (χ2v) is 34.5. The molecule has 3 aromatic rings. The number of hydrogen-bond donors (Lipinski definition) is 1. The first-order valence-electron chi connectivity index (χ1n) is 10.2. The van der Waals surface area contributed by atoms with Crippen LogP contribution in [0.2, 0.25) is 0 Å². The molecule has 0 aromatic carbocycles. The maximum absolute atomic E-state index is 5.62. The standard InChI is InChI=1S/C6H3Br6N3.C6Cl9N3.C5H5Br3N4/c1-2-13-3(5(7,8)9)15-4(14-2)6(10,11)12;7-4(8,9)1-16-2(5(10,11)12)18-3(17-1)6(13,14)15;1-2-10-3(5(6,7)8)12-4(9)11-2/h1H3;;1H3,(H2,9,10,11,12). The summed E-state index contributed by atoms with van der Waals surface area (Å²) in [4.78, 5) is 35.6. The van der Waals surface area contributed by atoms with Crippen LogP contribution in [-0.2, 0) is 17.8 Å². The van der Waals surface area contributed by atoms with Gasteiger partial charge in [-0.3, -0.25) is 0 Å². The Bertz CT molecular complexity index is 1340. The zero-order valence-electron chi connectivity index (χ0n) is 20.9. The fraction of sp³-hybridized carbons (Fsp3) is 0.471. The van der Waals surface area contributed by atoms with E-state index in [0.29, 0.717) is 29.1 Å². The van der Waals surface area contributed by atoms with Gasteiger partial charge in [-0.1, -0.05) is 248 Å². The van der Waals surface area contributed by atoms with E-state index in [0.717, 1.165) is 0 Å². The third kappa shape index (κ3) is 17.4. The lowest BCUT2D eigenvalue weighted by atomic mass is 10.5. The highest BCUT2D eigenvalue weighted by atomic mass is 80.0. The SMILES string of the molecule is Cc1nc(C(Br)(Br)Br)nc(C(Br)(Br)Br)n1.Cc1nc(N)nc(C(Br)(Br)Br)n1.ClC(Cl)(Cl)c1nc(C(Cl)(Cl)Cl)nc(C(Cl)(Cl)Cl)n1. The molecular weight excluding hydrogens is 1380 g/mol. The lowest BCUT2D eigenvalue weighted by molar-refractivity contribution is 0.789. The molecule has 0 atom stereocenters. The van der Waals surface area contributed by atoms with E-state index in [1.165, 1.54) is 0 Å². The number of halogens is 18. The van der Waals surface area contributed by atoms with Crippen LogP contribution in [0.1, 0.15) is 46.6 Å². The minimum Gasteiger partial charge on any atom is -0.368 e. The van der Waals surface area contributed by atoms with Gasteiger partial charge in [-0.25, -0.2) is 34.9 Å². The third-order valence-electron chi connectivity index (χ3n) is 3.67. The Balaban J connectivity index is 0.000000344. The Hall–Kier alpha value is 3.76. The van der Waals surface area contributed by atoms with Gasteiger partial charge in [-0.15, -0.1) is 0 Å². The van der Waals surface area contributed by atoms with E-state index in [2.05, 4.69) is 188 Å². The number of nitrogens with two attached hydrogens (primary N) is 1. The minimum absolute atomic E-state index is 0.209. The molecule has 0 amide bonds. The summed E-state index contributed by atoms with van der Waals surface area (Å²) in [7, 11) is 0. The highest BCUT2D eigenvalue weighted by molar-refractivity contribution is 9.39. The van der Waals surface area contributed by atoms with E-state index in [4.69, 9.17) is 110 Å². The molecule has 0 saturated heterocycles. The van der Waals surface area contributed by atoms with Crippen LogP contribution in [0.3, 0.4) is 0 Å². The average Bonchev–Trinajstić information content (AvgIpc) is 2.80. The maximum atomic E-state index is 5.62. The number of aryl methyl sites for hydroxylation is 2. The van der Waals surface area contributed by atoms with Gasteiger partial charge in [0.25, 0.3) is 0 Å². The quantitative estimate of drug-likeness (QED) is 0.216. The van der Waals surface area contributed by atoms with Crippen molar-refractivity contribution in [3.05, 3.63) is 46.6 Å². The van der Waals surface area contributed by atoms with Crippen LogP contribution in [0.4, 0.5) is 5.95 Å². The van der Waals surface area contributed by atoms with Crippen LogP contribution in [0, 0.1) is 13.8 Å². The first kappa shape index (κ1) is 46.8. The van der Waals surface area contributed by atoms with Crippen LogP contribution >= 0.6 is 248 Å². The molecule has 252 valence electrons. The number of hydrogen-bond acceptors (Lipinski definition) is 10. The predicted octanol–water partition coefficient (Wildman–Crippen LogP) is 12.2. The van der Waals surface area contributed by atoms with Crippen molar-refractivity contribution in [3.8, 4) is 0 Å². The molecule has 3 heterocycles. The van der Waals surface area contributed by atoms with Crippen molar-refractivity contribution in [2.75, 3.05) is 5.73 Å². The number of nitrogen functional groups attached to an aromatic ring is 1. The first-order valence-corrected chi connectivity index (χ1v) is 20.8. The molecule has 0 fully saturated rings. The van der Waals surface area contributed by atoms with Crippen LogP contribution in [0.15, 0.2) is 0 Å². The number of nitrogens with zero attached hydrogens (tertiary/aromatic N) is 9. The summed E-state index contributed by atoms with van der Waals surface area (Å²) < 4.78 is -7.88. The van der Waals surface area contributed by atoms with Gasteiger partial charge in [-0.05, 0) is 13.8 Å². The van der Waals surface area contributed by atoms with Crippen molar-refractivity contribution in [1.29, 1.82) is 0 Å². The van der Waals surface area contributed by atoms with Crippen molar-refractivity contribution < 1.29 is 0 Å². The summed E-state index contributed by atoms with van der Waals surface area (Å²) in [5, 5.41) is 0. The lowest BCUT2D eigenvalue weighted by Crippen LogP contribution is -2.21. The molecule has 0 bridgehead atoms. The first-order chi connectivity index (χ1) is 19.8. The summed E-state index contributed by atoms with van der Waals surface area (Å²) in [6.45, 7) is 3.55. The maximum Gasteiger partial charge on any atom is 0.250 e. The largest absolute Gasteiger partial charge is 0.368 e. The Morgan fingerprint density at radius 1 is 0.378 bits per heavy atom. The molecule has 10 nitrogen and oxygen atoms in total. The zero-order chi connectivity index (χ0) is 35.6. The molecule has 0 radical (unpaired) electrons. The highest BCUT2D eigenvalue weighted by Gasteiger charge is 2.38. The molecule has 2 N–H and O–H groups in total. The van der Waals surface area contributed by atoms with Crippen molar-refractivity contribution >= 4 is 254 Å². The molecule has 0 unspecified atom stereocenters. The lowest BCUT2D eigenvalue weighted by Gasteiger charge is -2.17. The smallest absolute Gasteiger partial charge is 0.250 e.